The lowest BCUT2D eigenvalue weighted by atomic mass is 10.1. The molecule has 2 N–H and O–H groups in total. The average Bonchev–Trinajstić information content (AvgIpc) is 2.50. The average molecular weight is 294 g/mol. The molecule has 0 aliphatic rings. The molecule has 1 aromatic rings. The van der Waals surface area contributed by atoms with Crippen molar-refractivity contribution in [1.29, 1.82) is 0 Å². The van der Waals surface area contributed by atoms with Gasteiger partial charge in [0, 0.05) is 13.0 Å². The third kappa shape index (κ3) is 5.63. The molecule has 0 fully saturated rings. The standard InChI is InChI=1S/C16H26N2O3/c1-5-10-21-14-7-6-13(11-15(14)20-4)12(2)18-16(19)8-9-17-3/h6-7,11-12,17H,5,8-10H2,1-4H3,(H,18,19). The molecule has 0 bridgehead atoms. The summed E-state index contributed by atoms with van der Waals surface area (Å²) in [5, 5.41) is 5.93. The molecule has 5 heteroatoms. The third-order valence-electron chi connectivity index (χ3n) is 3.13. The van der Waals surface area contributed by atoms with Gasteiger partial charge in [0.1, 0.15) is 0 Å². The minimum atomic E-state index is -0.0662. The Morgan fingerprint density at radius 2 is 2.10 bits per heavy atom. The van der Waals surface area contributed by atoms with E-state index in [0.29, 0.717) is 25.3 Å². The summed E-state index contributed by atoms with van der Waals surface area (Å²) in [4.78, 5) is 11.7. The summed E-state index contributed by atoms with van der Waals surface area (Å²) in [6.45, 7) is 5.35. The summed E-state index contributed by atoms with van der Waals surface area (Å²) in [6.07, 6.45) is 1.42. The minimum Gasteiger partial charge on any atom is -0.493 e. The number of hydrogen-bond acceptors (Lipinski definition) is 4. The van der Waals surface area contributed by atoms with E-state index in [4.69, 9.17) is 9.47 Å². The molecule has 0 aliphatic carbocycles. The molecule has 1 aromatic carbocycles. The van der Waals surface area contributed by atoms with E-state index >= 15 is 0 Å². The van der Waals surface area contributed by atoms with Crippen molar-refractivity contribution >= 4 is 5.91 Å². The SMILES string of the molecule is CCCOc1ccc(C(C)NC(=O)CCNC)cc1OC. The highest BCUT2D eigenvalue weighted by Gasteiger charge is 2.12. The van der Waals surface area contributed by atoms with E-state index in [1.54, 1.807) is 7.11 Å². The van der Waals surface area contributed by atoms with Gasteiger partial charge in [0.15, 0.2) is 11.5 Å². The third-order valence-corrected chi connectivity index (χ3v) is 3.13. The molecule has 1 unspecified atom stereocenters. The van der Waals surface area contributed by atoms with Gasteiger partial charge in [-0.15, -0.1) is 0 Å². The van der Waals surface area contributed by atoms with Crippen molar-refractivity contribution in [2.24, 2.45) is 0 Å². The fourth-order valence-corrected chi connectivity index (χ4v) is 1.92. The second-order valence-electron chi connectivity index (χ2n) is 4.90. The molecule has 0 heterocycles. The summed E-state index contributed by atoms with van der Waals surface area (Å²) in [7, 11) is 3.45. The number of carbonyl (C=O) groups is 1. The van der Waals surface area contributed by atoms with E-state index in [-0.39, 0.29) is 11.9 Å². The first-order valence-electron chi connectivity index (χ1n) is 7.37. The van der Waals surface area contributed by atoms with Gasteiger partial charge in [-0.25, -0.2) is 0 Å². The number of carbonyl (C=O) groups excluding carboxylic acids is 1. The lowest BCUT2D eigenvalue weighted by molar-refractivity contribution is -0.121. The number of nitrogens with one attached hydrogen (secondary N) is 2. The van der Waals surface area contributed by atoms with Crippen LogP contribution in [0.2, 0.25) is 0 Å². The van der Waals surface area contributed by atoms with Crippen LogP contribution in [0.1, 0.15) is 38.3 Å². The predicted molar refractivity (Wildman–Crippen MR) is 83.9 cm³/mol. The Morgan fingerprint density at radius 3 is 2.71 bits per heavy atom. The summed E-state index contributed by atoms with van der Waals surface area (Å²) >= 11 is 0. The van der Waals surface area contributed by atoms with Crippen molar-refractivity contribution in [2.45, 2.75) is 32.7 Å². The smallest absolute Gasteiger partial charge is 0.221 e. The largest absolute Gasteiger partial charge is 0.493 e. The van der Waals surface area contributed by atoms with Crippen LogP contribution in [-0.2, 0) is 4.79 Å². The highest BCUT2D eigenvalue weighted by molar-refractivity contribution is 5.76. The lowest BCUT2D eigenvalue weighted by Gasteiger charge is -2.17. The Morgan fingerprint density at radius 1 is 1.33 bits per heavy atom. The molecule has 21 heavy (non-hydrogen) atoms. The molecule has 0 saturated heterocycles. The van der Waals surface area contributed by atoms with E-state index in [1.165, 1.54) is 0 Å². The van der Waals surface area contributed by atoms with Crippen molar-refractivity contribution in [2.75, 3.05) is 27.3 Å². The van der Waals surface area contributed by atoms with Crippen LogP contribution in [0.15, 0.2) is 18.2 Å². The van der Waals surface area contributed by atoms with Gasteiger partial charge < -0.3 is 20.1 Å². The molecule has 0 spiro atoms. The van der Waals surface area contributed by atoms with E-state index in [9.17, 15) is 4.79 Å². The molecule has 118 valence electrons. The number of hydrogen-bond donors (Lipinski definition) is 2. The van der Waals surface area contributed by atoms with Crippen LogP contribution < -0.4 is 20.1 Å². The monoisotopic (exact) mass is 294 g/mol. The van der Waals surface area contributed by atoms with Crippen molar-refractivity contribution in [3.63, 3.8) is 0 Å². The highest BCUT2D eigenvalue weighted by atomic mass is 16.5. The van der Waals surface area contributed by atoms with Gasteiger partial charge in [-0.1, -0.05) is 13.0 Å². The summed E-state index contributed by atoms with van der Waals surface area (Å²) in [5.74, 6) is 1.45. The number of rotatable bonds is 9. The quantitative estimate of drug-likeness (QED) is 0.733. The van der Waals surface area contributed by atoms with Crippen LogP contribution in [0.5, 0.6) is 11.5 Å². The summed E-state index contributed by atoms with van der Waals surface area (Å²) in [6, 6.07) is 5.69. The van der Waals surface area contributed by atoms with Gasteiger partial charge >= 0.3 is 0 Å². The maximum absolute atomic E-state index is 11.7. The molecular formula is C16H26N2O3. The van der Waals surface area contributed by atoms with Crippen LogP contribution in [0.4, 0.5) is 0 Å². The Kier molecular flexibility index (Phi) is 7.61. The van der Waals surface area contributed by atoms with Crippen LogP contribution in [0, 0.1) is 0 Å². The van der Waals surface area contributed by atoms with Crippen LogP contribution in [0.25, 0.3) is 0 Å². The molecule has 1 rings (SSSR count). The van der Waals surface area contributed by atoms with E-state index in [0.717, 1.165) is 17.7 Å². The zero-order chi connectivity index (χ0) is 15.7. The van der Waals surface area contributed by atoms with Gasteiger partial charge in [0.05, 0.1) is 19.8 Å². The fraction of sp³-hybridized carbons (Fsp3) is 0.562. The summed E-state index contributed by atoms with van der Waals surface area (Å²) < 4.78 is 11.0. The van der Waals surface area contributed by atoms with E-state index < -0.39 is 0 Å². The Bertz CT molecular complexity index is 449. The first-order valence-corrected chi connectivity index (χ1v) is 7.37. The van der Waals surface area contributed by atoms with Crippen molar-refractivity contribution < 1.29 is 14.3 Å². The molecule has 5 nitrogen and oxygen atoms in total. The maximum Gasteiger partial charge on any atom is 0.221 e. The molecule has 1 atom stereocenters. The van der Waals surface area contributed by atoms with Crippen molar-refractivity contribution in [3.05, 3.63) is 23.8 Å². The van der Waals surface area contributed by atoms with Crippen molar-refractivity contribution in [1.82, 2.24) is 10.6 Å². The number of methoxy groups -OCH3 is 1. The predicted octanol–water partition coefficient (Wildman–Crippen LogP) is 2.27. The lowest BCUT2D eigenvalue weighted by Crippen LogP contribution is -2.29. The Hall–Kier alpha value is -1.75. The first kappa shape index (κ1) is 17.3. The second kappa shape index (κ2) is 9.23. The van der Waals surface area contributed by atoms with Gasteiger partial charge in [0.2, 0.25) is 5.91 Å². The van der Waals surface area contributed by atoms with Crippen LogP contribution in [0.3, 0.4) is 0 Å². The topological polar surface area (TPSA) is 59.6 Å². The number of ether oxygens (including phenoxy) is 2. The Labute approximate surface area is 127 Å². The van der Waals surface area contributed by atoms with Gasteiger partial charge in [-0.2, -0.15) is 0 Å². The molecular weight excluding hydrogens is 268 g/mol. The van der Waals surface area contributed by atoms with E-state index in [2.05, 4.69) is 17.6 Å². The van der Waals surface area contributed by atoms with Gasteiger partial charge in [-0.05, 0) is 38.1 Å². The fourth-order valence-electron chi connectivity index (χ4n) is 1.92. The van der Waals surface area contributed by atoms with Gasteiger partial charge in [-0.3, -0.25) is 4.79 Å². The molecule has 0 saturated carbocycles. The molecule has 0 aromatic heterocycles. The minimum absolute atomic E-state index is 0.0297. The number of amides is 1. The first-order chi connectivity index (χ1) is 10.1. The normalized spacial score (nSPS) is 11.8. The molecule has 0 radical (unpaired) electrons. The Balaban J connectivity index is 2.71. The summed E-state index contributed by atoms with van der Waals surface area (Å²) in [5.41, 5.74) is 0.994. The van der Waals surface area contributed by atoms with E-state index in [1.807, 2.05) is 32.2 Å². The van der Waals surface area contributed by atoms with Crippen LogP contribution >= 0.6 is 0 Å². The van der Waals surface area contributed by atoms with Crippen molar-refractivity contribution in [3.8, 4) is 11.5 Å². The van der Waals surface area contributed by atoms with Crippen LogP contribution in [-0.4, -0.2) is 33.2 Å². The molecule has 1 amide bonds. The zero-order valence-electron chi connectivity index (χ0n) is 13.4. The maximum atomic E-state index is 11.7. The highest BCUT2D eigenvalue weighted by Crippen LogP contribution is 2.30. The van der Waals surface area contributed by atoms with Gasteiger partial charge in [0.25, 0.3) is 0 Å². The number of benzene rings is 1. The second-order valence-corrected chi connectivity index (χ2v) is 4.90. The zero-order valence-corrected chi connectivity index (χ0v) is 13.4. The molecule has 0 aliphatic heterocycles.